The van der Waals surface area contributed by atoms with Crippen LogP contribution in [-0.4, -0.2) is 54.8 Å². The third-order valence-electron chi connectivity index (χ3n) is 3.86. The average Bonchev–Trinajstić information content (AvgIpc) is 2.95. The zero-order chi connectivity index (χ0) is 18.0. The number of methoxy groups -OCH3 is 1. The molecule has 9 heteroatoms. The number of hydrogen-bond donors (Lipinski definition) is 1. The maximum absolute atomic E-state index is 12.7. The molecule has 1 saturated heterocycles. The Labute approximate surface area is 153 Å². The molecule has 7 nitrogen and oxygen atoms in total. The van der Waals surface area contributed by atoms with Crippen molar-refractivity contribution in [2.45, 2.75) is 0 Å². The molecular formula is C16H17N3O4S2. The van der Waals surface area contributed by atoms with Gasteiger partial charge in [-0.3, -0.25) is 9.36 Å². The van der Waals surface area contributed by atoms with Gasteiger partial charge < -0.3 is 20.1 Å². The van der Waals surface area contributed by atoms with E-state index in [2.05, 4.69) is 0 Å². The minimum absolute atomic E-state index is 0.153. The highest BCUT2D eigenvalue weighted by molar-refractivity contribution is 7.73. The lowest BCUT2D eigenvalue weighted by atomic mass is 10.2. The quantitative estimate of drug-likeness (QED) is 0.649. The second kappa shape index (κ2) is 7.34. The number of morpholine rings is 1. The third-order valence-corrected chi connectivity index (χ3v) is 5.24. The number of aromatic nitrogens is 1. The maximum atomic E-state index is 12.7. The molecule has 1 amide bonds. The monoisotopic (exact) mass is 379 g/mol. The topological polar surface area (TPSA) is 86.8 Å². The number of rotatable bonds is 3. The SMILES string of the molecule is COC(=O)c1cccc(-n2c(N)c(C(=O)N3CCOCC3)sc2=S)c1. The number of ether oxygens (including phenoxy) is 2. The Hall–Kier alpha value is -2.23. The van der Waals surface area contributed by atoms with Crippen LogP contribution in [0, 0.1) is 3.95 Å². The van der Waals surface area contributed by atoms with Crippen LogP contribution >= 0.6 is 23.6 Å². The van der Waals surface area contributed by atoms with Crippen molar-refractivity contribution in [3.8, 4) is 5.69 Å². The van der Waals surface area contributed by atoms with Crippen LogP contribution in [0.1, 0.15) is 20.0 Å². The molecule has 25 heavy (non-hydrogen) atoms. The lowest BCUT2D eigenvalue weighted by molar-refractivity contribution is 0.0306. The van der Waals surface area contributed by atoms with Gasteiger partial charge in [0.15, 0.2) is 3.95 Å². The molecule has 1 aliphatic heterocycles. The molecule has 1 aromatic carbocycles. The van der Waals surface area contributed by atoms with Crippen LogP contribution in [0.25, 0.3) is 5.69 Å². The van der Waals surface area contributed by atoms with Crippen molar-refractivity contribution in [2.75, 3.05) is 39.1 Å². The van der Waals surface area contributed by atoms with Gasteiger partial charge in [0.1, 0.15) is 10.7 Å². The molecule has 1 aliphatic rings. The van der Waals surface area contributed by atoms with Gasteiger partial charge >= 0.3 is 5.97 Å². The van der Waals surface area contributed by atoms with E-state index in [0.29, 0.717) is 46.4 Å². The highest BCUT2D eigenvalue weighted by Gasteiger charge is 2.24. The summed E-state index contributed by atoms with van der Waals surface area (Å²) in [6.07, 6.45) is 0. The van der Waals surface area contributed by atoms with Gasteiger partial charge in [0.05, 0.1) is 31.6 Å². The van der Waals surface area contributed by atoms with Gasteiger partial charge in [-0.25, -0.2) is 4.79 Å². The van der Waals surface area contributed by atoms with Crippen molar-refractivity contribution in [1.29, 1.82) is 0 Å². The second-order valence-corrected chi connectivity index (χ2v) is 7.01. The maximum Gasteiger partial charge on any atom is 0.337 e. The number of carbonyl (C=O) groups excluding carboxylic acids is 2. The van der Waals surface area contributed by atoms with Crippen molar-refractivity contribution in [3.05, 3.63) is 38.7 Å². The number of nitrogens with zero attached hydrogens (tertiary/aromatic N) is 2. The first-order valence-electron chi connectivity index (χ1n) is 7.60. The molecule has 0 aliphatic carbocycles. The van der Waals surface area contributed by atoms with E-state index in [9.17, 15) is 9.59 Å². The Balaban J connectivity index is 1.99. The summed E-state index contributed by atoms with van der Waals surface area (Å²) in [4.78, 5) is 26.5. The highest BCUT2D eigenvalue weighted by atomic mass is 32.1. The molecule has 0 saturated carbocycles. The lowest BCUT2D eigenvalue weighted by Crippen LogP contribution is -2.40. The predicted molar refractivity (Wildman–Crippen MR) is 97.0 cm³/mol. The molecule has 2 N–H and O–H groups in total. The number of esters is 1. The fourth-order valence-corrected chi connectivity index (χ4v) is 3.92. The van der Waals surface area contributed by atoms with E-state index in [1.165, 1.54) is 7.11 Å². The number of thiazole rings is 1. The van der Waals surface area contributed by atoms with E-state index in [0.717, 1.165) is 11.3 Å². The summed E-state index contributed by atoms with van der Waals surface area (Å²) in [6, 6.07) is 6.76. The van der Waals surface area contributed by atoms with Crippen molar-refractivity contribution in [2.24, 2.45) is 0 Å². The molecular weight excluding hydrogens is 362 g/mol. The van der Waals surface area contributed by atoms with Crippen LogP contribution in [0.5, 0.6) is 0 Å². The molecule has 1 aromatic heterocycles. The molecule has 1 fully saturated rings. The van der Waals surface area contributed by atoms with Gasteiger partial charge in [-0.05, 0) is 30.4 Å². The summed E-state index contributed by atoms with van der Waals surface area (Å²) in [5.74, 6) is -0.333. The molecule has 0 unspecified atom stereocenters. The number of nitrogens with two attached hydrogens (primary N) is 1. The van der Waals surface area contributed by atoms with Gasteiger partial charge in [-0.15, -0.1) is 0 Å². The Morgan fingerprint density at radius 3 is 2.72 bits per heavy atom. The van der Waals surface area contributed by atoms with Crippen molar-refractivity contribution in [3.63, 3.8) is 0 Å². The Morgan fingerprint density at radius 1 is 1.32 bits per heavy atom. The van der Waals surface area contributed by atoms with Crippen molar-refractivity contribution in [1.82, 2.24) is 9.47 Å². The van der Waals surface area contributed by atoms with Crippen molar-refractivity contribution < 1.29 is 19.1 Å². The van der Waals surface area contributed by atoms with Gasteiger partial charge in [0.25, 0.3) is 5.91 Å². The number of anilines is 1. The minimum Gasteiger partial charge on any atom is -0.465 e. The predicted octanol–water partition coefficient (Wildman–Crippen LogP) is 2.11. The van der Waals surface area contributed by atoms with Crippen molar-refractivity contribution >= 4 is 41.2 Å². The lowest BCUT2D eigenvalue weighted by Gasteiger charge is -2.26. The first kappa shape index (κ1) is 17.6. The zero-order valence-corrected chi connectivity index (χ0v) is 15.2. The van der Waals surface area contributed by atoms with Gasteiger partial charge in [0, 0.05) is 13.1 Å². The Morgan fingerprint density at radius 2 is 2.04 bits per heavy atom. The summed E-state index contributed by atoms with van der Waals surface area (Å²) in [5, 5.41) is 0. The minimum atomic E-state index is -0.452. The number of carbonyl (C=O) groups is 2. The highest BCUT2D eigenvalue weighted by Crippen LogP contribution is 2.28. The summed E-state index contributed by atoms with van der Waals surface area (Å²) >= 11 is 6.55. The summed E-state index contributed by atoms with van der Waals surface area (Å²) < 4.78 is 12.0. The van der Waals surface area contributed by atoms with E-state index in [1.807, 2.05) is 0 Å². The van der Waals surface area contributed by atoms with Crippen LogP contribution in [0.4, 0.5) is 5.82 Å². The normalized spacial score (nSPS) is 14.4. The van der Waals surface area contributed by atoms with Crippen LogP contribution in [-0.2, 0) is 9.47 Å². The number of hydrogen-bond acceptors (Lipinski definition) is 7. The molecule has 0 radical (unpaired) electrons. The van der Waals surface area contributed by atoms with Gasteiger partial charge in [-0.2, -0.15) is 0 Å². The summed E-state index contributed by atoms with van der Waals surface area (Å²) in [7, 11) is 1.32. The standard InChI is InChI=1S/C16H17N3O4S2/c1-22-15(21)10-3-2-4-11(9-10)19-13(17)12(25-16(19)24)14(20)18-5-7-23-8-6-18/h2-4,9H,5-8,17H2,1H3. The molecule has 2 heterocycles. The Kier molecular flexibility index (Phi) is 5.16. The van der Waals surface area contributed by atoms with E-state index < -0.39 is 5.97 Å². The fourth-order valence-electron chi connectivity index (χ4n) is 2.58. The fraction of sp³-hybridized carbons (Fsp3) is 0.312. The summed E-state index contributed by atoms with van der Waals surface area (Å²) in [5.41, 5.74) is 7.21. The average molecular weight is 379 g/mol. The van der Waals surface area contributed by atoms with Gasteiger partial charge in [0.2, 0.25) is 0 Å². The van der Waals surface area contributed by atoms with E-state index in [1.54, 1.807) is 33.7 Å². The summed E-state index contributed by atoms with van der Waals surface area (Å²) in [6.45, 7) is 2.08. The first-order valence-corrected chi connectivity index (χ1v) is 8.82. The second-order valence-electron chi connectivity index (χ2n) is 5.36. The molecule has 0 bridgehead atoms. The Bertz CT molecular complexity index is 869. The van der Waals surface area contributed by atoms with Crippen LogP contribution < -0.4 is 5.73 Å². The molecule has 2 aromatic rings. The van der Waals surface area contributed by atoms with E-state index in [-0.39, 0.29) is 11.7 Å². The first-order chi connectivity index (χ1) is 12.0. The van der Waals surface area contributed by atoms with E-state index in [4.69, 9.17) is 27.4 Å². The van der Waals surface area contributed by atoms with E-state index >= 15 is 0 Å². The van der Waals surface area contributed by atoms with Crippen LogP contribution in [0.15, 0.2) is 24.3 Å². The van der Waals surface area contributed by atoms with Gasteiger partial charge in [-0.1, -0.05) is 17.4 Å². The molecule has 3 rings (SSSR count). The number of nitrogen functional groups attached to an aromatic ring is 1. The molecule has 0 atom stereocenters. The third kappa shape index (κ3) is 3.44. The van der Waals surface area contributed by atoms with Crippen LogP contribution in [0.2, 0.25) is 0 Å². The number of benzene rings is 1. The zero-order valence-electron chi connectivity index (χ0n) is 13.6. The van der Waals surface area contributed by atoms with Crippen LogP contribution in [0.3, 0.4) is 0 Å². The largest absolute Gasteiger partial charge is 0.465 e. The molecule has 132 valence electrons. The number of amides is 1. The molecule has 0 spiro atoms. The smallest absolute Gasteiger partial charge is 0.337 e.